The SMILES string of the molecule is CN[C@@H]1[C@@H](O)[C@@H](O[C@H]2[C@H](NCC(O)CN)C[C@H](N)C([C@H]3OC(CN)=CC[C@H]3NCCCN)[C@@H]2O)OC[C@]1(C)O. The number of rotatable bonds is 13. The summed E-state index contributed by atoms with van der Waals surface area (Å²) < 4.78 is 18.3. The second kappa shape index (κ2) is 14.8. The topological polar surface area (TPSA) is 249 Å². The molecule has 15 N–H and O–H groups in total. The molecule has 0 spiro atoms. The number of nitrogens with two attached hydrogens (primary N) is 4. The van der Waals surface area contributed by atoms with Crippen molar-refractivity contribution in [1.29, 1.82) is 0 Å². The maximum atomic E-state index is 11.8. The molecule has 0 amide bonds. The molecule has 2 fully saturated rings. The monoisotopic (exact) mass is 561 g/mol. The highest BCUT2D eigenvalue weighted by Gasteiger charge is 2.53. The number of likely N-dealkylation sites (N-methyl/N-ethyl adjacent to an activating group) is 1. The van der Waals surface area contributed by atoms with Gasteiger partial charge in [-0.15, -0.1) is 0 Å². The standard InChI is InChI=1S/C25H51N7O7/c1-25(36)12-37-24(20(35)23(25)30-2)39-22-17(32-11-13(33)9-27)8-15(29)18(19(22)34)21-16(31-7-3-6-26)5-4-14(10-28)38-21/h4,13,15-24,30-36H,3,5-12,26-29H2,1-2H3/t13?,15-,16+,17+,18?,19-,20+,21-,22-,23+,24+,25-/m0/s1. The van der Waals surface area contributed by atoms with Gasteiger partial charge in [-0.3, -0.25) is 0 Å². The van der Waals surface area contributed by atoms with E-state index in [4.69, 9.17) is 37.1 Å². The van der Waals surface area contributed by atoms with Gasteiger partial charge in [0.25, 0.3) is 0 Å². The molecule has 0 aromatic heterocycles. The molecule has 39 heavy (non-hydrogen) atoms. The molecule has 2 unspecified atom stereocenters. The zero-order valence-corrected chi connectivity index (χ0v) is 23.1. The van der Waals surface area contributed by atoms with Crippen molar-refractivity contribution >= 4 is 0 Å². The van der Waals surface area contributed by atoms with Crippen molar-refractivity contribution in [2.24, 2.45) is 28.9 Å². The zero-order valence-electron chi connectivity index (χ0n) is 23.1. The Morgan fingerprint density at radius 2 is 1.92 bits per heavy atom. The van der Waals surface area contributed by atoms with Crippen molar-refractivity contribution in [3.8, 4) is 0 Å². The summed E-state index contributed by atoms with van der Waals surface area (Å²) in [5.74, 6) is 0.0761. The summed E-state index contributed by atoms with van der Waals surface area (Å²) in [5.41, 5.74) is 22.5. The Balaban J connectivity index is 1.86. The maximum absolute atomic E-state index is 11.8. The van der Waals surface area contributed by atoms with Crippen molar-refractivity contribution in [3.05, 3.63) is 11.8 Å². The van der Waals surface area contributed by atoms with Crippen LogP contribution < -0.4 is 38.9 Å². The fraction of sp³-hybridized carbons (Fsp3) is 0.920. The predicted molar refractivity (Wildman–Crippen MR) is 145 cm³/mol. The molecule has 1 aliphatic carbocycles. The van der Waals surface area contributed by atoms with Crippen LogP contribution in [0.5, 0.6) is 0 Å². The Morgan fingerprint density at radius 3 is 2.56 bits per heavy atom. The van der Waals surface area contributed by atoms with Crippen LogP contribution in [0.15, 0.2) is 11.8 Å². The Hall–Kier alpha value is -0.980. The lowest BCUT2D eigenvalue weighted by molar-refractivity contribution is -0.298. The summed E-state index contributed by atoms with van der Waals surface area (Å²) in [5, 5.41) is 53.2. The largest absolute Gasteiger partial charge is 0.492 e. The summed E-state index contributed by atoms with van der Waals surface area (Å²) in [4.78, 5) is 0. The Kier molecular flexibility index (Phi) is 12.3. The van der Waals surface area contributed by atoms with Gasteiger partial charge in [0.05, 0.1) is 31.4 Å². The molecule has 0 radical (unpaired) electrons. The first-order valence-corrected chi connectivity index (χ1v) is 14.0. The van der Waals surface area contributed by atoms with Crippen LogP contribution in [0, 0.1) is 5.92 Å². The Bertz CT molecular complexity index is 779. The summed E-state index contributed by atoms with van der Waals surface area (Å²) in [6.07, 6.45) is -1.91. The fourth-order valence-corrected chi connectivity index (χ4v) is 5.96. The first-order valence-electron chi connectivity index (χ1n) is 14.0. The van der Waals surface area contributed by atoms with Crippen molar-refractivity contribution in [2.75, 3.05) is 46.4 Å². The van der Waals surface area contributed by atoms with Crippen LogP contribution in [0.1, 0.15) is 26.2 Å². The van der Waals surface area contributed by atoms with E-state index in [1.807, 2.05) is 6.08 Å². The molecule has 2 heterocycles. The quantitative estimate of drug-likeness (QED) is 0.0947. The Morgan fingerprint density at radius 1 is 1.18 bits per heavy atom. The molecule has 3 aliphatic rings. The summed E-state index contributed by atoms with van der Waals surface area (Å²) in [7, 11) is 1.63. The van der Waals surface area contributed by atoms with Gasteiger partial charge in [0.1, 0.15) is 29.7 Å². The number of hydrogen-bond acceptors (Lipinski definition) is 14. The molecule has 228 valence electrons. The summed E-state index contributed by atoms with van der Waals surface area (Å²) >= 11 is 0. The van der Waals surface area contributed by atoms with Crippen LogP contribution in [0.3, 0.4) is 0 Å². The van der Waals surface area contributed by atoms with E-state index >= 15 is 0 Å². The van der Waals surface area contributed by atoms with Gasteiger partial charge in [-0.2, -0.15) is 0 Å². The molecule has 1 saturated carbocycles. The molecular formula is C25H51N7O7. The van der Waals surface area contributed by atoms with Crippen LogP contribution in [0.4, 0.5) is 0 Å². The van der Waals surface area contributed by atoms with Gasteiger partial charge in [0.2, 0.25) is 0 Å². The van der Waals surface area contributed by atoms with E-state index in [-0.39, 0.29) is 32.3 Å². The average molecular weight is 562 g/mol. The molecule has 1 saturated heterocycles. The van der Waals surface area contributed by atoms with E-state index in [2.05, 4.69) is 16.0 Å². The van der Waals surface area contributed by atoms with Gasteiger partial charge in [0, 0.05) is 37.1 Å². The number of hydrogen-bond donors (Lipinski definition) is 11. The zero-order chi connectivity index (χ0) is 28.7. The highest BCUT2D eigenvalue weighted by Crippen LogP contribution is 2.37. The van der Waals surface area contributed by atoms with Gasteiger partial charge >= 0.3 is 0 Å². The molecule has 14 nitrogen and oxygen atoms in total. The highest BCUT2D eigenvalue weighted by atomic mass is 16.7. The molecular weight excluding hydrogens is 510 g/mol. The minimum absolute atomic E-state index is 0.0616. The van der Waals surface area contributed by atoms with E-state index in [0.29, 0.717) is 31.7 Å². The summed E-state index contributed by atoms with van der Waals surface area (Å²) in [6.45, 7) is 3.15. The molecule has 0 aromatic carbocycles. The maximum Gasteiger partial charge on any atom is 0.185 e. The lowest BCUT2D eigenvalue weighted by Crippen LogP contribution is -2.69. The minimum Gasteiger partial charge on any atom is -0.492 e. The van der Waals surface area contributed by atoms with Crippen LogP contribution >= 0.6 is 0 Å². The smallest absolute Gasteiger partial charge is 0.185 e. The number of ether oxygens (including phenoxy) is 3. The third-order valence-electron chi connectivity index (χ3n) is 8.12. The van der Waals surface area contributed by atoms with Gasteiger partial charge in [-0.05, 0) is 52.4 Å². The molecule has 12 atom stereocenters. The van der Waals surface area contributed by atoms with Crippen LogP contribution in [-0.2, 0) is 14.2 Å². The van der Waals surface area contributed by atoms with Gasteiger partial charge in [-0.25, -0.2) is 0 Å². The first kappa shape index (κ1) is 32.5. The second-order valence-electron chi connectivity index (χ2n) is 11.2. The van der Waals surface area contributed by atoms with E-state index in [0.717, 1.165) is 6.42 Å². The summed E-state index contributed by atoms with van der Waals surface area (Å²) in [6, 6.07) is -1.84. The van der Waals surface area contributed by atoms with Gasteiger partial charge < -0.3 is 73.5 Å². The number of aliphatic hydroxyl groups excluding tert-OH is 3. The predicted octanol–water partition coefficient (Wildman–Crippen LogP) is -4.65. The molecule has 14 heteroatoms. The van der Waals surface area contributed by atoms with Crippen molar-refractivity contribution in [1.82, 2.24) is 16.0 Å². The molecule has 3 rings (SSSR count). The van der Waals surface area contributed by atoms with Crippen molar-refractivity contribution in [2.45, 2.75) is 92.8 Å². The van der Waals surface area contributed by atoms with E-state index in [1.165, 1.54) is 0 Å². The minimum atomic E-state index is -1.32. The Labute approximate surface area is 230 Å². The van der Waals surface area contributed by atoms with Gasteiger partial charge in [-0.1, -0.05) is 0 Å². The lowest BCUT2D eigenvalue weighted by atomic mass is 9.72. The van der Waals surface area contributed by atoms with Crippen LogP contribution in [-0.4, -0.2) is 133 Å². The van der Waals surface area contributed by atoms with E-state index < -0.39 is 66.5 Å². The van der Waals surface area contributed by atoms with Crippen molar-refractivity contribution < 1.29 is 34.6 Å². The van der Waals surface area contributed by atoms with Gasteiger partial charge in [0.15, 0.2) is 6.29 Å². The number of aliphatic hydroxyl groups is 4. The highest BCUT2D eigenvalue weighted by molar-refractivity contribution is 5.11. The lowest BCUT2D eigenvalue weighted by Gasteiger charge is -2.51. The van der Waals surface area contributed by atoms with Crippen LogP contribution in [0.25, 0.3) is 0 Å². The fourth-order valence-electron chi connectivity index (χ4n) is 5.96. The molecule has 2 aliphatic heterocycles. The van der Waals surface area contributed by atoms with E-state index in [1.54, 1.807) is 14.0 Å². The normalized spacial score (nSPS) is 42.1. The number of nitrogens with one attached hydrogen (secondary N) is 3. The van der Waals surface area contributed by atoms with Crippen molar-refractivity contribution in [3.63, 3.8) is 0 Å². The molecule has 0 aromatic rings. The average Bonchev–Trinajstić information content (AvgIpc) is 2.91. The first-order chi connectivity index (χ1) is 18.6. The van der Waals surface area contributed by atoms with Crippen LogP contribution in [0.2, 0.25) is 0 Å². The third kappa shape index (κ3) is 7.86. The molecule has 0 bridgehead atoms. The van der Waals surface area contributed by atoms with E-state index in [9.17, 15) is 20.4 Å². The third-order valence-corrected chi connectivity index (χ3v) is 8.12. The second-order valence-corrected chi connectivity index (χ2v) is 11.2.